The maximum atomic E-state index is 13.5. The maximum absolute atomic E-state index is 13.5. The van der Waals surface area contributed by atoms with Crippen molar-refractivity contribution in [3.8, 4) is 0 Å². The van der Waals surface area contributed by atoms with Crippen LogP contribution in [0, 0.1) is 12.7 Å². The van der Waals surface area contributed by atoms with E-state index in [1.165, 1.54) is 12.3 Å². The molecule has 8 heteroatoms. The lowest BCUT2D eigenvalue weighted by atomic mass is 10.1. The molecule has 0 saturated carbocycles. The molecule has 0 bridgehead atoms. The van der Waals surface area contributed by atoms with Crippen LogP contribution in [0.25, 0.3) is 0 Å². The first-order valence-corrected chi connectivity index (χ1v) is 9.17. The summed E-state index contributed by atoms with van der Waals surface area (Å²) >= 11 is 0. The Labute approximate surface area is 155 Å². The van der Waals surface area contributed by atoms with Crippen molar-refractivity contribution in [1.82, 2.24) is 10.6 Å². The van der Waals surface area contributed by atoms with E-state index in [-0.39, 0.29) is 41.6 Å². The first kappa shape index (κ1) is 22.1. The summed E-state index contributed by atoms with van der Waals surface area (Å²) in [6.45, 7) is 4.05. The normalized spacial score (nSPS) is 13.2. The zero-order valence-electron chi connectivity index (χ0n) is 13.9. The number of aliphatic imine (C=N–C) groups is 1. The number of rotatable bonds is 6. The molecule has 23 heavy (non-hydrogen) atoms. The third kappa shape index (κ3) is 9.09. The zero-order chi connectivity index (χ0) is 16.8. The summed E-state index contributed by atoms with van der Waals surface area (Å²) in [6, 6.07) is 5.04. The number of sulfone groups is 1. The maximum Gasteiger partial charge on any atom is 0.191 e. The first-order chi connectivity index (χ1) is 10.2. The van der Waals surface area contributed by atoms with Crippen LogP contribution in [0.1, 0.15) is 24.5 Å². The molecule has 1 aromatic rings. The van der Waals surface area contributed by atoms with E-state index in [4.69, 9.17) is 0 Å². The van der Waals surface area contributed by atoms with E-state index in [9.17, 15) is 12.8 Å². The Morgan fingerprint density at radius 2 is 2.04 bits per heavy atom. The second-order valence-corrected chi connectivity index (χ2v) is 7.73. The Kier molecular flexibility index (Phi) is 9.67. The molecule has 0 saturated heterocycles. The number of hydrogen-bond donors (Lipinski definition) is 2. The second kappa shape index (κ2) is 10.1. The van der Waals surface area contributed by atoms with Gasteiger partial charge >= 0.3 is 0 Å². The van der Waals surface area contributed by atoms with Gasteiger partial charge in [-0.2, -0.15) is 0 Å². The summed E-state index contributed by atoms with van der Waals surface area (Å²) in [6.07, 6.45) is 1.72. The van der Waals surface area contributed by atoms with Gasteiger partial charge in [0.1, 0.15) is 15.7 Å². The molecule has 0 spiro atoms. The average molecular weight is 457 g/mol. The van der Waals surface area contributed by atoms with E-state index in [1.54, 1.807) is 20.0 Å². The molecule has 0 aliphatic rings. The van der Waals surface area contributed by atoms with Crippen LogP contribution in [0.5, 0.6) is 0 Å². The van der Waals surface area contributed by atoms with Gasteiger partial charge in [-0.1, -0.05) is 12.1 Å². The van der Waals surface area contributed by atoms with Crippen LogP contribution < -0.4 is 10.6 Å². The Morgan fingerprint density at radius 1 is 1.39 bits per heavy atom. The molecule has 132 valence electrons. The molecule has 0 heterocycles. The number of hydrogen-bond acceptors (Lipinski definition) is 3. The summed E-state index contributed by atoms with van der Waals surface area (Å²) < 4.78 is 35.8. The van der Waals surface area contributed by atoms with Gasteiger partial charge in [0, 0.05) is 25.9 Å². The largest absolute Gasteiger partial charge is 0.354 e. The van der Waals surface area contributed by atoms with Gasteiger partial charge in [-0.25, -0.2) is 12.8 Å². The average Bonchev–Trinajstić information content (AvgIpc) is 2.44. The van der Waals surface area contributed by atoms with E-state index in [1.807, 2.05) is 13.0 Å². The van der Waals surface area contributed by atoms with Crippen molar-refractivity contribution in [2.24, 2.45) is 4.99 Å². The van der Waals surface area contributed by atoms with Crippen molar-refractivity contribution in [2.45, 2.75) is 32.9 Å². The molecule has 1 aromatic carbocycles. The van der Waals surface area contributed by atoms with Crippen LogP contribution in [-0.4, -0.2) is 39.5 Å². The Bertz CT molecular complexity index is 636. The number of nitrogens with zero attached hydrogens (tertiary/aromatic N) is 1. The van der Waals surface area contributed by atoms with Crippen LogP contribution in [0.4, 0.5) is 4.39 Å². The number of aryl methyl sites for hydroxylation is 1. The predicted molar refractivity (Wildman–Crippen MR) is 104 cm³/mol. The molecule has 0 fully saturated rings. The summed E-state index contributed by atoms with van der Waals surface area (Å²) in [5, 5.41) is 6.20. The quantitative estimate of drug-likeness (QED) is 0.391. The summed E-state index contributed by atoms with van der Waals surface area (Å²) in [7, 11) is -1.33. The lowest BCUT2D eigenvalue weighted by Crippen LogP contribution is -2.42. The monoisotopic (exact) mass is 457 g/mol. The van der Waals surface area contributed by atoms with Gasteiger partial charge in [-0.05, 0) is 37.5 Å². The molecule has 0 aromatic heterocycles. The predicted octanol–water partition coefficient (Wildman–Crippen LogP) is 2.24. The van der Waals surface area contributed by atoms with Crippen LogP contribution in [0.15, 0.2) is 23.2 Å². The minimum Gasteiger partial charge on any atom is -0.354 e. The molecule has 0 radical (unpaired) electrons. The summed E-state index contributed by atoms with van der Waals surface area (Å²) in [5.41, 5.74) is 1.43. The van der Waals surface area contributed by atoms with Gasteiger partial charge in [0.25, 0.3) is 0 Å². The van der Waals surface area contributed by atoms with Crippen LogP contribution >= 0.6 is 24.0 Å². The lowest BCUT2D eigenvalue weighted by Gasteiger charge is -2.17. The molecule has 1 unspecified atom stereocenters. The van der Waals surface area contributed by atoms with Crippen LogP contribution in [0.2, 0.25) is 0 Å². The minimum absolute atomic E-state index is 0. The Hall–Kier alpha value is -0.900. The van der Waals surface area contributed by atoms with E-state index in [0.717, 1.165) is 5.56 Å². The number of guanidine groups is 1. The number of benzene rings is 1. The van der Waals surface area contributed by atoms with Crippen molar-refractivity contribution in [1.29, 1.82) is 0 Å². The second-order valence-electron chi connectivity index (χ2n) is 5.47. The fourth-order valence-electron chi connectivity index (χ4n) is 1.82. The SMILES string of the molecule is CN=C(NCc1ccc(C)c(F)c1)NC(C)CCS(C)(=O)=O.I. The van der Waals surface area contributed by atoms with Crippen molar-refractivity contribution in [3.05, 3.63) is 35.1 Å². The van der Waals surface area contributed by atoms with Gasteiger partial charge in [-0.15, -0.1) is 24.0 Å². The highest BCUT2D eigenvalue weighted by Crippen LogP contribution is 2.08. The molecular weight excluding hydrogens is 432 g/mol. The summed E-state index contributed by atoms with van der Waals surface area (Å²) in [5.74, 6) is 0.451. The summed E-state index contributed by atoms with van der Waals surface area (Å²) in [4.78, 5) is 4.08. The van der Waals surface area contributed by atoms with E-state index < -0.39 is 9.84 Å². The minimum atomic E-state index is -2.97. The number of nitrogens with one attached hydrogen (secondary N) is 2. The van der Waals surface area contributed by atoms with Crippen molar-refractivity contribution in [2.75, 3.05) is 19.1 Å². The molecule has 1 atom stereocenters. The highest BCUT2D eigenvalue weighted by Gasteiger charge is 2.09. The third-order valence-electron chi connectivity index (χ3n) is 3.22. The molecule has 1 rings (SSSR count). The Balaban J connectivity index is 0.00000484. The van der Waals surface area contributed by atoms with Crippen LogP contribution in [-0.2, 0) is 16.4 Å². The van der Waals surface area contributed by atoms with Crippen LogP contribution in [0.3, 0.4) is 0 Å². The topological polar surface area (TPSA) is 70.6 Å². The van der Waals surface area contributed by atoms with E-state index >= 15 is 0 Å². The highest BCUT2D eigenvalue weighted by molar-refractivity contribution is 14.0. The molecule has 0 aliphatic carbocycles. The van der Waals surface area contributed by atoms with Gasteiger partial charge in [0.2, 0.25) is 0 Å². The van der Waals surface area contributed by atoms with Gasteiger partial charge in [0.05, 0.1) is 5.75 Å². The fraction of sp³-hybridized carbons (Fsp3) is 0.533. The molecule has 2 N–H and O–H groups in total. The van der Waals surface area contributed by atoms with Crippen molar-refractivity contribution in [3.63, 3.8) is 0 Å². The lowest BCUT2D eigenvalue weighted by molar-refractivity contribution is 0.581. The van der Waals surface area contributed by atoms with Gasteiger partial charge < -0.3 is 10.6 Å². The molecule has 5 nitrogen and oxygen atoms in total. The van der Waals surface area contributed by atoms with E-state index in [0.29, 0.717) is 24.5 Å². The van der Waals surface area contributed by atoms with Gasteiger partial charge in [-0.3, -0.25) is 4.99 Å². The third-order valence-corrected chi connectivity index (χ3v) is 4.20. The smallest absolute Gasteiger partial charge is 0.191 e. The standard InChI is InChI=1S/C15H24FN3O2S.HI/c1-11-5-6-13(9-14(11)16)10-18-15(17-3)19-12(2)7-8-22(4,20)21;/h5-6,9,12H,7-8,10H2,1-4H3,(H2,17,18,19);1H. The Morgan fingerprint density at radius 3 is 2.57 bits per heavy atom. The first-order valence-electron chi connectivity index (χ1n) is 7.11. The zero-order valence-corrected chi connectivity index (χ0v) is 17.0. The van der Waals surface area contributed by atoms with Gasteiger partial charge in [0.15, 0.2) is 5.96 Å². The van der Waals surface area contributed by atoms with Crippen molar-refractivity contribution < 1.29 is 12.8 Å². The highest BCUT2D eigenvalue weighted by atomic mass is 127. The molecule has 0 aliphatic heterocycles. The molecular formula is C15H25FIN3O2S. The van der Waals surface area contributed by atoms with Crippen molar-refractivity contribution >= 4 is 39.8 Å². The molecule has 0 amide bonds. The number of halogens is 2. The van der Waals surface area contributed by atoms with E-state index in [2.05, 4.69) is 15.6 Å². The fourth-order valence-corrected chi connectivity index (χ4v) is 2.60.